The van der Waals surface area contributed by atoms with Crippen molar-refractivity contribution in [1.82, 2.24) is 28.1 Å². The number of hydrogen-bond acceptors (Lipinski definition) is 0. The summed E-state index contributed by atoms with van der Waals surface area (Å²) in [6, 6.07) is 52.0. The zero-order valence-corrected chi connectivity index (χ0v) is 72.5. The summed E-state index contributed by atoms with van der Waals surface area (Å²) in [5.74, 6) is 0. The maximum absolute atomic E-state index is 7.51. The molecule has 0 spiro atoms. The summed E-state index contributed by atoms with van der Waals surface area (Å²) in [5.41, 5.74) is 36.9. The second kappa shape index (κ2) is 31.3. The van der Waals surface area contributed by atoms with E-state index in [4.69, 9.17) is 78.9 Å². The second-order valence-corrected chi connectivity index (χ2v) is 33.3. The predicted octanol–water partition coefficient (Wildman–Crippen LogP) is 23.4. The quantitative estimate of drug-likeness (QED) is 0.107. The lowest BCUT2D eigenvalue weighted by Gasteiger charge is -2.07. The smallest absolute Gasteiger partial charge is 0.224 e. The molecule has 12 aromatic carbocycles. The molecule has 24 heteroatoms. The first-order chi connectivity index (χ1) is 63.0. The summed E-state index contributed by atoms with van der Waals surface area (Å²) in [6.45, 7) is 114. The first kappa shape index (κ1) is 81.0. The van der Waals surface area contributed by atoms with Crippen molar-refractivity contribution in [3.8, 4) is 34.1 Å². The van der Waals surface area contributed by atoms with E-state index in [-0.39, 0.29) is 0 Å². The highest BCUT2D eigenvalue weighted by atomic mass is 15.5. The van der Waals surface area contributed by atoms with Gasteiger partial charge in [-0.1, -0.05) is 126 Å². The molecule has 0 saturated heterocycles. The van der Waals surface area contributed by atoms with Gasteiger partial charge in [-0.05, 0) is 156 Å². The second-order valence-electron chi connectivity index (χ2n) is 33.3. The lowest BCUT2D eigenvalue weighted by molar-refractivity contribution is -0.749. The fourth-order valence-corrected chi connectivity index (χ4v) is 19.5. The van der Waals surface area contributed by atoms with Gasteiger partial charge in [0.2, 0.25) is 71.3 Å². The Morgan fingerprint density at radius 2 is 0.554 bits per heavy atom. The van der Waals surface area contributed by atoms with Crippen molar-refractivity contribution in [2.75, 3.05) is 0 Å². The third kappa shape index (κ3) is 12.6. The molecular formula is C106H74N24+6. The molecule has 0 radical (unpaired) electrons. The van der Waals surface area contributed by atoms with Crippen molar-refractivity contribution >= 4 is 134 Å². The minimum Gasteiger partial charge on any atom is -0.250 e. The standard InChI is InChI=1S/4C18H13N4.2C17H11N4/c1-11-7-14-10-21-9-13-5-6-15(19-3)17(20-4)18(13)22(21)16(14)8-12(11)2;1-11-7-12(2)14-10-21-9-13-5-6-15(19-3)17(20-4)18(13)22(21)16(14)8-11;1-11-7-12(2)17-14(8-11)10-21-9-13-5-6-15(19-3)16(20-4)18(13)22(17)21;1-11-5-6-13-9-21-10-14-7-8-15(19-3)16(20-4)18(14)22(21)17(13)12(11)2;1-11-4-7-15-13(8-11)10-20-9-12-5-6-14(18-2)16(19-3)17(12)21(15)20;1-11-5-4-6-12-9-20-10-13-7-8-14(18-2)15(19-3)17(13)21(20)16(11)12/h3*5-9H,10H2,1-2H3;5-8,10H,9H2,1-2H3;4-9H,10H2,1H3;4-8,10H,9H2,1H3/q6*+1. The summed E-state index contributed by atoms with van der Waals surface area (Å²) in [6.07, 6.45) is 12.3. The van der Waals surface area contributed by atoms with Crippen LogP contribution in [0.15, 0.2) is 195 Å². The van der Waals surface area contributed by atoms with Gasteiger partial charge in [-0.15, -0.1) is 56.2 Å². The van der Waals surface area contributed by atoms with Crippen molar-refractivity contribution in [3.63, 3.8) is 0 Å². The molecule has 0 unspecified atom stereocenters. The lowest BCUT2D eigenvalue weighted by Crippen LogP contribution is -2.36. The molecule has 0 atom stereocenters. The van der Waals surface area contributed by atoms with Crippen LogP contribution in [0.3, 0.4) is 0 Å². The Hall–Kier alpha value is -18.7. The molecule has 24 rings (SSSR count). The van der Waals surface area contributed by atoms with Crippen LogP contribution in [0.25, 0.3) is 158 Å². The third-order valence-corrected chi connectivity index (χ3v) is 25.4. The minimum absolute atomic E-state index is 0.416. The first-order valence-corrected chi connectivity index (χ1v) is 41.6. The van der Waals surface area contributed by atoms with E-state index in [0.29, 0.717) is 68.2 Å². The van der Waals surface area contributed by atoms with Gasteiger partial charge in [0.15, 0.2) is 73.4 Å². The topological polar surface area (TPSA) is 105 Å². The zero-order valence-electron chi connectivity index (χ0n) is 72.5. The fourth-order valence-electron chi connectivity index (χ4n) is 19.5. The van der Waals surface area contributed by atoms with Crippen molar-refractivity contribution in [3.05, 3.63) is 421 Å². The number of para-hydroxylation sites is 1. The molecule has 6 aromatic heterocycles. The minimum atomic E-state index is 0.416. The highest BCUT2D eigenvalue weighted by Crippen LogP contribution is 2.47. The monoisotopic (exact) mass is 1680 g/mol. The molecule has 0 amide bonds. The van der Waals surface area contributed by atoms with Crippen LogP contribution in [0.4, 0.5) is 68.2 Å². The van der Waals surface area contributed by atoms with Crippen LogP contribution in [0.5, 0.6) is 0 Å². The highest BCUT2D eigenvalue weighted by Gasteiger charge is 2.39. The number of aryl methyl sites for hydroxylation is 9. The van der Waals surface area contributed by atoms with Crippen LogP contribution in [-0.4, -0.2) is 28.1 Å². The lowest BCUT2D eigenvalue weighted by atomic mass is 10.0. The van der Waals surface area contributed by atoms with Crippen molar-refractivity contribution in [2.45, 2.75) is 109 Å². The molecular weight excluding hydrogens is 1610 g/mol. The molecule has 130 heavy (non-hydrogen) atoms. The molecule has 6 aliphatic heterocycles. The van der Waals surface area contributed by atoms with Crippen LogP contribution < -0.4 is 28.1 Å². The molecule has 0 fully saturated rings. The molecule has 0 bridgehead atoms. The van der Waals surface area contributed by atoms with E-state index in [0.717, 1.165) is 139 Å². The van der Waals surface area contributed by atoms with Gasteiger partial charge >= 0.3 is 0 Å². The van der Waals surface area contributed by atoms with E-state index in [1.807, 2.05) is 42.6 Å². The number of nitrogens with zero attached hydrogens (tertiary/aromatic N) is 24. The number of rotatable bonds is 0. The zero-order chi connectivity index (χ0) is 90.8. The number of fused-ring (bicyclic) bond motifs is 30. The van der Waals surface area contributed by atoms with Gasteiger partial charge in [-0.25, -0.2) is 29.1 Å². The normalized spacial score (nSPS) is 11.8. The van der Waals surface area contributed by atoms with Gasteiger partial charge < -0.3 is 0 Å². The molecule has 18 aromatic rings. The molecule has 24 nitrogen and oxygen atoms in total. The molecule has 612 valence electrons. The van der Waals surface area contributed by atoms with Gasteiger partial charge in [0.25, 0.3) is 0 Å². The summed E-state index contributed by atoms with van der Waals surface area (Å²) in [5, 5.41) is 6.02. The third-order valence-electron chi connectivity index (χ3n) is 25.4. The summed E-state index contributed by atoms with van der Waals surface area (Å²) < 4.78 is 25.3. The average Bonchev–Trinajstić information content (AvgIpc) is 1.56. The molecule has 12 heterocycles. The molecule has 0 saturated carbocycles. The van der Waals surface area contributed by atoms with Gasteiger partial charge in [0, 0.05) is 27.8 Å². The largest absolute Gasteiger partial charge is 0.250 e. The van der Waals surface area contributed by atoms with E-state index in [1.165, 1.54) is 89.0 Å². The Balaban J connectivity index is 0.000000101. The van der Waals surface area contributed by atoms with Gasteiger partial charge in [0.05, 0.1) is 117 Å². The Labute approximate surface area is 748 Å². The molecule has 0 aliphatic carbocycles. The van der Waals surface area contributed by atoms with E-state index in [1.54, 1.807) is 36.4 Å². The van der Waals surface area contributed by atoms with E-state index in [9.17, 15) is 0 Å². The van der Waals surface area contributed by atoms with Crippen LogP contribution in [0.1, 0.15) is 89.0 Å². The van der Waals surface area contributed by atoms with E-state index < -0.39 is 0 Å². The van der Waals surface area contributed by atoms with Crippen molar-refractivity contribution < 1.29 is 28.1 Å². The van der Waals surface area contributed by atoms with Crippen molar-refractivity contribution in [2.24, 2.45) is 0 Å². The molecule has 6 aliphatic rings. The Bertz CT molecular complexity index is 8790. The SMILES string of the molecule is [C-]#[N+]c1ccc2c[n+]3n(c2c1[N+]#[C-])-c1c(C)cc(C)cc1C3.[C-]#[N+]c1ccc2c[n+]3n(c2c1[N+]#[C-])-c1c(C)cccc1C3.[C-]#[N+]c1ccc2c[n+]3n(c2c1[N+]#[C-])-c1c(ccc(C)c1C)C3.[C-]#[N+]c1ccc2c[n+]3n(c2c1[N+]#[C-])-c1cc(C)c(C)cc1C3.[C-]#[N+]c1ccc2c[n+]3n(c2c1[N+]#[C-])-c1cc(C)cc(C)c1C3.[C-]#[N+]c1ccc2c[n+]3n(c2c1[N+]#[C-])-c1ccc(C)cc1C3. The number of aromatic nitrogens is 12. The Morgan fingerprint density at radius 3 is 0.985 bits per heavy atom. The first-order valence-electron chi connectivity index (χ1n) is 41.6. The van der Waals surface area contributed by atoms with Gasteiger partial charge in [0.1, 0.15) is 67.2 Å². The Morgan fingerprint density at radius 1 is 0.223 bits per heavy atom. The van der Waals surface area contributed by atoms with E-state index >= 15 is 0 Å². The van der Waals surface area contributed by atoms with Crippen LogP contribution in [0, 0.1) is 148 Å². The highest BCUT2D eigenvalue weighted by molar-refractivity contribution is 6.04. The maximum atomic E-state index is 7.51. The summed E-state index contributed by atoms with van der Waals surface area (Å²) in [4.78, 5) is 42.8. The molecule has 0 N–H and O–H groups in total. The maximum Gasteiger partial charge on any atom is 0.224 e. The van der Waals surface area contributed by atoms with Gasteiger partial charge in [-0.3, -0.25) is 29.1 Å². The fraction of sp³-hybridized carbons (Fsp3) is 0.151. The van der Waals surface area contributed by atoms with Crippen LogP contribution >= 0.6 is 0 Å². The Kier molecular flexibility index (Phi) is 19.5. The number of hydrogen-bond donors (Lipinski definition) is 0. The number of benzene rings is 12. The van der Waals surface area contributed by atoms with Gasteiger partial charge in [-0.2, -0.15) is 0 Å². The predicted molar refractivity (Wildman–Crippen MR) is 498 cm³/mol. The average molecular weight is 1680 g/mol. The summed E-state index contributed by atoms with van der Waals surface area (Å²) >= 11 is 0. The summed E-state index contributed by atoms with van der Waals surface area (Å²) in [7, 11) is 0. The van der Waals surface area contributed by atoms with Crippen LogP contribution in [0.2, 0.25) is 0 Å². The van der Waals surface area contributed by atoms with Crippen LogP contribution in [-0.2, 0) is 39.3 Å². The van der Waals surface area contributed by atoms with E-state index in [2.05, 4.69) is 299 Å². The van der Waals surface area contributed by atoms with Crippen molar-refractivity contribution in [1.29, 1.82) is 0 Å².